The molecule has 0 spiro atoms. The van der Waals surface area contributed by atoms with Gasteiger partial charge in [0.2, 0.25) is 0 Å². The summed E-state index contributed by atoms with van der Waals surface area (Å²) < 4.78 is 0. The fraction of sp³-hybridized carbons (Fsp3) is 0.419. The van der Waals surface area contributed by atoms with Crippen molar-refractivity contribution in [2.24, 2.45) is 5.41 Å². The van der Waals surface area contributed by atoms with E-state index in [2.05, 4.69) is 92.6 Å². The van der Waals surface area contributed by atoms with Crippen LogP contribution in [0.2, 0.25) is 0 Å². The van der Waals surface area contributed by atoms with Crippen LogP contribution in [0.15, 0.2) is 66.8 Å². The van der Waals surface area contributed by atoms with Crippen LogP contribution in [0.5, 0.6) is 0 Å². The number of nitrogens with zero attached hydrogens (tertiary/aromatic N) is 2. The molecule has 2 aliphatic rings. The standard InChI is InChI=1S/C31H41N3/c1-6-15-33-16-17-34(22-33)21-24-10-12-25(13-11-24)29-19-26(20-31(29,5)8-3)27(7-2)28-14-9-23(4)18-30(28)32/h7,9-14,18-19H,2,6,8,15-17,20-22,32H2,1,3-5H3/b27-26-. The van der Waals surface area contributed by atoms with Crippen molar-refractivity contribution in [3.8, 4) is 0 Å². The average molecular weight is 456 g/mol. The molecule has 0 amide bonds. The Balaban J connectivity index is 1.60. The van der Waals surface area contributed by atoms with Gasteiger partial charge in [-0.2, -0.15) is 0 Å². The van der Waals surface area contributed by atoms with Crippen molar-refractivity contribution in [3.05, 3.63) is 89.0 Å². The van der Waals surface area contributed by atoms with E-state index in [1.807, 2.05) is 6.08 Å². The maximum atomic E-state index is 6.41. The largest absolute Gasteiger partial charge is 0.398 e. The lowest BCUT2D eigenvalue weighted by Gasteiger charge is -2.27. The third kappa shape index (κ3) is 5.06. The van der Waals surface area contributed by atoms with Gasteiger partial charge in [-0.25, -0.2) is 0 Å². The summed E-state index contributed by atoms with van der Waals surface area (Å²) in [5, 5.41) is 0. The van der Waals surface area contributed by atoms with Crippen molar-refractivity contribution in [2.75, 3.05) is 32.0 Å². The van der Waals surface area contributed by atoms with Crippen LogP contribution >= 0.6 is 0 Å². The van der Waals surface area contributed by atoms with Crippen LogP contribution in [0.4, 0.5) is 5.69 Å². The summed E-state index contributed by atoms with van der Waals surface area (Å²) in [5.74, 6) is 0. The minimum atomic E-state index is 0.111. The first-order valence-electron chi connectivity index (χ1n) is 12.8. The Morgan fingerprint density at radius 3 is 2.47 bits per heavy atom. The monoisotopic (exact) mass is 455 g/mol. The van der Waals surface area contributed by atoms with E-state index in [4.69, 9.17) is 5.73 Å². The summed E-state index contributed by atoms with van der Waals surface area (Å²) in [6, 6.07) is 15.6. The number of rotatable bonds is 8. The van der Waals surface area contributed by atoms with E-state index in [-0.39, 0.29) is 5.41 Å². The van der Waals surface area contributed by atoms with Crippen LogP contribution in [-0.2, 0) is 6.54 Å². The molecule has 1 atom stereocenters. The van der Waals surface area contributed by atoms with Gasteiger partial charge >= 0.3 is 0 Å². The van der Waals surface area contributed by atoms with Crippen LogP contribution in [0.25, 0.3) is 11.1 Å². The summed E-state index contributed by atoms with van der Waals surface area (Å²) in [5.41, 5.74) is 16.3. The highest BCUT2D eigenvalue weighted by Gasteiger charge is 2.35. The number of hydrogen-bond donors (Lipinski definition) is 1. The highest BCUT2D eigenvalue weighted by atomic mass is 15.4. The van der Waals surface area contributed by atoms with Crippen LogP contribution in [0.1, 0.15) is 62.3 Å². The van der Waals surface area contributed by atoms with Gasteiger partial charge in [0.05, 0.1) is 6.67 Å². The van der Waals surface area contributed by atoms with Crippen molar-refractivity contribution < 1.29 is 0 Å². The van der Waals surface area contributed by atoms with Gasteiger partial charge in [-0.05, 0) is 77.6 Å². The zero-order chi connectivity index (χ0) is 24.3. The Kier molecular flexibility index (Phi) is 7.45. The summed E-state index contributed by atoms with van der Waals surface area (Å²) in [6.45, 7) is 18.9. The lowest BCUT2D eigenvalue weighted by Crippen LogP contribution is -2.25. The van der Waals surface area contributed by atoms with Gasteiger partial charge in [0, 0.05) is 30.9 Å². The Bertz CT molecular complexity index is 1090. The molecule has 180 valence electrons. The maximum absolute atomic E-state index is 6.41. The second-order valence-electron chi connectivity index (χ2n) is 10.4. The predicted molar refractivity (Wildman–Crippen MR) is 147 cm³/mol. The molecule has 1 fully saturated rings. The fourth-order valence-corrected chi connectivity index (χ4v) is 5.56. The number of allylic oxidation sites excluding steroid dienone is 5. The Labute approximate surface area is 206 Å². The molecular formula is C31H41N3. The van der Waals surface area contributed by atoms with Gasteiger partial charge in [0.15, 0.2) is 0 Å². The molecule has 4 rings (SSSR count). The molecule has 1 aliphatic carbocycles. The van der Waals surface area contributed by atoms with Gasteiger partial charge in [-0.15, -0.1) is 0 Å². The van der Waals surface area contributed by atoms with E-state index >= 15 is 0 Å². The molecule has 0 aromatic heterocycles. The number of benzene rings is 2. The first-order chi connectivity index (χ1) is 16.4. The SMILES string of the molecule is C=C/C(=C1\C=C(c2ccc(CN3CCN(CCC)C3)cc2)C(C)(CC)C1)c1ccc(C)cc1N. The van der Waals surface area contributed by atoms with E-state index in [1.165, 1.54) is 53.9 Å². The Hall–Kier alpha value is -2.62. The summed E-state index contributed by atoms with van der Waals surface area (Å²) in [6.07, 6.45) is 7.72. The molecule has 0 bridgehead atoms. The van der Waals surface area contributed by atoms with Crippen LogP contribution < -0.4 is 5.73 Å². The smallest absolute Gasteiger partial charge is 0.0510 e. The molecular weight excluding hydrogens is 414 g/mol. The van der Waals surface area contributed by atoms with E-state index < -0.39 is 0 Å². The fourth-order valence-electron chi connectivity index (χ4n) is 5.56. The molecule has 1 saturated heterocycles. The van der Waals surface area contributed by atoms with Gasteiger partial charge < -0.3 is 5.73 Å². The van der Waals surface area contributed by atoms with E-state index in [9.17, 15) is 0 Å². The second kappa shape index (κ2) is 10.3. The van der Waals surface area contributed by atoms with Crippen molar-refractivity contribution in [1.29, 1.82) is 0 Å². The zero-order valence-electron chi connectivity index (χ0n) is 21.5. The molecule has 1 heterocycles. The van der Waals surface area contributed by atoms with E-state index in [0.717, 1.165) is 42.9 Å². The molecule has 3 heteroatoms. The first-order valence-corrected chi connectivity index (χ1v) is 12.8. The Morgan fingerprint density at radius 2 is 1.82 bits per heavy atom. The number of nitrogen functional groups attached to an aromatic ring is 1. The van der Waals surface area contributed by atoms with Crippen LogP contribution in [-0.4, -0.2) is 36.1 Å². The van der Waals surface area contributed by atoms with Gasteiger partial charge in [-0.3, -0.25) is 9.80 Å². The molecule has 2 aromatic rings. The van der Waals surface area contributed by atoms with E-state index in [0.29, 0.717) is 0 Å². The third-order valence-electron chi connectivity index (χ3n) is 7.72. The van der Waals surface area contributed by atoms with Crippen molar-refractivity contribution in [1.82, 2.24) is 9.80 Å². The van der Waals surface area contributed by atoms with Crippen LogP contribution in [0, 0.1) is 12.3 Å². The predicted octanol–water partition coefficient (Wildman–Crippen LogP) is 6.91. The minimum Gasteiger partial charge on any atom is -0.398 e. The first kappa shape index (κ1) is 24.5. The van der Waals surface area contributed by atoms with Crippen molar-refractivity contribution >= 4 is 16.8 Å². The van der Waals surface area contributed by atoms with Gasteiger partial charge in [0.25, 0.3) is 0 Å². The average Bonchev–Trinajstić information content (AvgIpc) is 3.41. The van der Waals surface area contributed by atoms with Crippen molar-refractivity contribution in [3.63, 3.8) is 0 Å². The molecule has 1 unspecified atom stereocenters. The van der Waals surface area contributed by atoms with E-state index in [1.54, 1.807) is 0 Å². The maximum Gasteiger partial charge on any atom is 0.0510 e. The normalized spacial score (nSPS) is 22.8. The lowest BCUT2D eigenvalue weighted by atomic mass is 9.77. The topological polar surface area (TPSA) is 32.5 Å². The summed E-state index contributed by atoms with van der Waals surface area (Å²) in [7, 11) is 0. The van der Waals surface area contributed by atoms with Crippen molar-refractivity contribution in [2.45, 2.75) is 53.5 Å². The highest BCUT2D eigenvalue weighted by Crippen LogP contribution is 2.51. The lowest BCUT2D eigenvalue weighted by molar-refractivity contribution is 0.241. The summed E-state index contributed by atoms with van der Waals surface area (Å²) >= 11 is 0. The molecule has 2 N–H and O–H groups in total. The quantitative estimate of drug-likeness (QED) is 0.439. The van der Waals surface area contributed by atoms with Gasteiger partial charge in [0.1, 0.15) is 0 Å². The number of nitrogens with two attached hydrogens (primary N) is 1. The highest BCUT2D eigenvalue weighted by molar-refractivity contribution is 5.89. The number of hydrogen-bond acceptors (Lipinski definition) is 3. The second-order valence-corrected chi connectivity index (χ2v) is 10.4. The molecule has 2 aromatic carbocycles. The molecule has 3 nitrogen and oxygen atoms in total. The minimum absolute atomic E-state index is 0.111. The summed E-state index contributed by atoms with van der Waals surface area (Å²) in [4.78, 5) is 5.11. The number of aryl methyl sites for hydroxylation is 1. The third-order valence-corrected chi connectivity index (χ3v) is 7.72. The molecule has 34 heavy (non-hydrogen) atoms. The Morgan fingerprint density at radius 1 is 1.09 bits per heavy atom. The molecule has 0 saturated carbocycles. The molecule has 1 aliphatic heterocycles. The van der Waals surface area contributed by atoms with Crippen LogP contribution in [0.3, 0.4) is 0 Å². The van der Waals surface area contributed by atoms with Gasteiger partial charge in [-0.1, -0.05) is 75.9 Å². The number of anilines is 1. The molecule has 0 radical (unpaired) electrons. The zero-order valence-corrected chi connectivity index (χ0v) is 21.5.